The molecule has 0 aliphatic heterocycles. The molecule has 0 amide bonds. The highest BCUT2D eigenvalue weighted by Gasteiger charge is 2.02. The van der Waals surface area contributed by atoms with E-state index < -0.39 is 10.0 Å². The summed E-state index contributed by atoms with van der Waals surface area (Å²) in [6.45, 7) is 5.13. The Hall–Kier alpha value is -0.810. The molecule has 0 unspecified atom stereocenters. The van der Waals surface area contributed by atoms with Crippen LogP contribution in [0.4, 0.5) is 0 Å². The van der Waals surface area contributed by atoms with Crippen molar-refractivity contribution in [2.24, 2.45) is 0 Å². The summed E-state index contributed by atoms with van der Waals surface area (Å²) >= 11 is 0. The maximum absolute atomic E-state index is 10.8. The molecule has 5 heteroatoms. The summed E-state index contributed by atoms with van der Waals surface area (Å²) < 4.78 is 26.2. The molecule has 0 aliphatic carbocycles. The second-order valence-corrected chi connectivity index (χ2v) is 5.27. The molecule has 0 spiro atoms. The van der Waals surface area contributed by atoms with Gasteiger partial charge >= 0.3 is 0 Å². The van der Waals surface area contributed by atoms with Crippen molar-refractivity contribution in [3.63, 3.8) is 0 Å². The van der Waals surface area contributed by atoms with Gasteiger partial charge in [0.1, 0.15) is 0 Å². The van der Waals surface area contributed by atoms with Crippen LogP contribution in [0.3, 0.4) is 0 Å². The van der Waals surface area contributed by atoms with Crippen LogP contribution in [0.2, 0.25) is 0 Å². The van der Waals surface area contributed by atoms with E-state index in [4.69, 9.17) is 0 Å². The first-order chi connectivity index (χ1) is 6.40. The number of hydrogen-bond donors (Lipinski definition) is 1. The van der Waals surface area contributed by atoms with E-state index in [0.717, 1.165) is 11.4 Å². The van der Waals surface area contributed by atoms with Crippen LogP contribution in [0.25, 0.3) is 0 Å². The normalized spacial score (nSPS) is 11.9. The van der Waals surface area contributed by atoms with Gasteiger partial charge in [0, 0.05) is 24.5 Å². The van der Waals surface area contributed by atoms with E-state index in [2.05, 4.69) is 9.29 Å². The average molecular weight is 216 g/mol. The van der Waals surface area contributed by atoms with Crippen LogP contribution in [0.1, 0.15) is 11.4 Å². The minimum absolute atomic E-state index is 0.440. The standard InChI is InChI=1S/C9H16N2O2S/c1-8-4-5-9(2)11(8)7-6-10-14(3,12)13/h4-5,10H,6-7H2,1-3H3. The van der Waals surface area contributed by atoms with Crippen LogP contribution in [-0.4, -0.2) is 25.8 Å². The zero-order chi connectivity index (χ0) is 10.8. The Labute approximate surface area is 85.0 Å². The Morgan fingerprint density at radius 3 is 2.21 bits per heavy atom. The van der Waals surface area contributed by atoms with Gasteiger partial charge in [-0.2, -0.15) is 0 Å². The smallest absolute Gasteiger partial charge is 0.208 e. The molecule has 4 nitrogen and oxygen atoms in total. The molecule has 0 aromatic carbocycles. The third-order valence-corrected chi connectivity index (χ3v) is 2.85. The van der Waals surface area contributed by atoms with E-state index in [9.17, 15) is 8.42 Å². The fourth-order valence-electron chi connectivity index (χ4n) is 1.39. The van der Waals surface area contributed by atoms with Crippen molar-refractivity contribution in [1.82, 2.24) is 9.29 Å². The predicted molar refractivity (Wildman–Crippen MR) is 56.8 cm³/mol. The minimum atomic E-state index is -3.07. The molecule has 80 valence electrons. The quantitative estimate of drug-likeness (QED) is 0.803. The Morgan fingerprint density at radius 2 is 1.79 bits per heavy atom. The average Bonchev–Trinajstić information content (AvgIpc) is 2.33. The van der Waals surface area contributed by atoms with Crippen molar-refractivity contribution in [2.45, 2.75) is 20.4 Å². The van der Waals surface area contributed by atoms with Gasteiger partial charge in [0.25, 0.3) is 0 Å². The highest BCUT2D eigenvalue weighted by molar-refractivity contribution is 7.88. The molecule has 0 saturated heterocycles. The molecule has 14 heavy (non-hydrogen) atoms. The molecule has 1 heterocycles. The summed E-state index contributed by atoms with van der Waals surface area (Å²) in [5.74, 6) is 0. The first-order valence-corrected chi connectivity index (χ1v) is 6.36. The van der Waals surface area contributed by atoms with Crippen molar-refractivity contribution >= 4 is 10.0 Å². The summed E-state index contributed by atoms with van der Waals surface area (Å²) in [7, 11) is -3.07. The summed E-state index contributed by atoms with van der Waals surface area (Å²) in [4.78, 5) is 0. The maximum atomic E-state index is 10.8. The van der Waals surface area contributed by atoms with Crippen LogP contribution >= 0.6 is 0 Å². The highest BCUT2D eigenvalue weighted by atomic mass is 32.2. The molecule has 0 radical (unpaired) electrons. The molecule has 0 bridgehead atoms. The summed E-state index contributed by atoms with van der Waals surface area (Å²) in [6, 6.07) is 4.05. The van der Waals surface area contributed by atoms with E-state index in [1.807, 2.05) is 26.0 Å². The zero-order valence-corrected chi connectivity index (χ0v) is 9.56. The molecule has 0 saturated carbocycles. The lowest BCUT2D eigenvalue weighted by Crippen LogP contribution is -2.26. The molecule has 1 aromatic rings. The van der Waals surface area contributed by atoms with Crippen molar-refractivity contribution in [2.75, 3.05) is 12.8 Å². The van der Waals surface area contributed by atoms with Crippen LogP contribution in [0.15, 0.2) is 12.1 Å². The molecular formula is C9H16N2O2S. The first-order valence-electron chi connectivity index (χ1n) is 4.47. The van der Waals surface area contributed by atoms with E-state index in [-0.39, 0.29) is 0 Å². The lowest BCUT2D eigenvalue weighted by molar-refractivity contribution is 0.575. The largest absolute Gasteiger partial charge is 0.348 e. The number of nitrogens with zero attached hydrogens (tertiary/aromatic N) is 1. The fraction of sp³-hybridized carbons (Fsp3) is 0.556. The van der Waals surface area contributed by atoms with Gasteiger partial charge in [-0.25, -0.2) is 13.1 Å². The Balaban J connectivity index is 2.54. The van der Waals surface area contributed by atoms with Crippen molar-refractivity contribution in [3.8, 4) is 0 Å². The molecular weight excluding hydrogens is 200 g/mol. The lowest BCUT2D eigenvalue weighted by Gasteiger charge is -2.08. The minimum Gasteiger partial charge on any atom is -0.348 e. The van der Waals surface area contributed by atoms with Gasteiger partial charge < -0.3 is 4.57 Å². The summed E-state index contributed by atoms with van der Waals surface area (Å²) in [5.41, 5.74) is 2.30. The van der Waals surface area contributed by atoms with Crippen LogP contribution in [0.5, 0.6) is 0 Å². The molecule has 0 fully saturated rings. The topological polar surface area (TPSA) is 51.1 Å². The van der Waals surface area contributed by atoms with Crippen molar-refractivity contribution < 1.29 is 8.42 Å². The second-order valence-electron chi connectivity index (χ2n) is 3.43. The van der Waals surface area contributed by atoms with Gasteiger partial charge in [-0.3, -0.25) is 0 Å². The number of aryl methyl sites for hydroxylation is 2. The first kappa shape index (κ1) is 11.3. The zero-order valence-electron chi connectivity index (χ0n) is 8.74. The number of hydrogen-bond acceptors (Lipinski definition) is 2. The Bertz CT molecular complexity index is 387. The van der Waals surface area contributed by atoms with Gasteiger partial charge in [0.15, 0.2) is 0 Å². The molecule has 0 aliphatic rings. The Morgan fingerprint density at radius 1 is 1.29 bits per heavy atom. The van der Waals surface area contributed by atoms with Crippen LogP contribution < -0.4 is 4.72 Å². The van der Waals surface area contributed by atoms with E-state index in [1.165, 1.54) is 6.26 Å². The summed E-state index contributed by atoms with van der Waals surface area (Å²) in [5, 5.41) is 0. The Kier molecular flexibility index (Phi) is 3.34. The van der Waals surface area contributed by atoms with Gasteiger partial charge in [-0.05, 0) is 26.0 Å². The lowest BCUT2D eigenvalue weighted by atomic mass is 10.5. The number of aromatic nitrogens is 1. The van der Waals surface area contributed by atoms with E-state index >= 15 is 0 Å². The third-order valence-electron chi connectivity index (χ3n) is 2.12. The SMILES string of the molecule is Cc1ccc(C)n1CCNS(C)(=O)=O. The van der Waals surface area contributed by atoms with Crippen molar-refractivity contribution in [1.29, 1.82) is 0 Å². The third kappa shape index (κ3) is 3.16. The summed E-state index contributed by atoms with van der Waals surface area (Å²) in [6.07, 6.45) is 1.17. The van der Waals surface area contributed by atoms with Gasteiger partial charge in [0.2, 0.25) is 10.0 Å². The van der Waals surface area contributed by atoms with Gasteiger partial charge in [0.05, 0.1) is 6.26 Å². The number of sulfonamides is 1. The van der Waals surface area contributed by atoms with E-state index in [0.29, 0.717) is 13.1 Å². The maximum Gasteiger partial charge on any atom is 0.208 e. The molecule has 1 rings (SSSR count). The van der Waals surface area contributed by atoms with Crippen molar-refractivity contribution in [3.05, 3.63) is 23.5 Å². The number of rotatable bonds is 4. The van der Waals surface area contributed by atoms with Gasteiger partial charge in [-0.15, -0.1) is 0 Å². The molecule has 0 atom stereocenters. The highest BCUT2D eigenvalue weighted by Crippen LogP contribution is 2.05. The fourth-order valence-corrected chi connectivity index (χ4v) is 1.86. The van der Waals surface area contributed by atoms with E-state index in [1.54, 1.807) is 0 Å². The number of nitrogens with one attached hydrogen (secondary N) is 1. The molecule has 1 aromatic heterocycles. The van der Waals surface area contributed by atoms with Gasteiger partial charge in [-0.1, -0.05) is 0 Å². The molecule has 1 N–H and O–H groups in total. The second kappa shape index (κ2) is 4.14. The monoisotopic (exact) mass is 216 g/mol. The predicted octanol–water partition coefficient (Wildman–Crippen LogP) is 0.654. The van der Waals surface area contributed by atoms with Crippen LogP contribution in [0, 0.1) is 13.8 Å². The van der Waals surface area contributed by atoms with Crippen LogP contribution in [-0.2, 0) is 16.6 Å².